The Hall–Kier alpha value is -0.400. The molecule has 0 spiro atoms. The van der Waals surface area contributed by atoms with E-state index in [0.717, 1.165) is 0 Å². The third-order valence-electron chi connectivity index (χ3n) is 3.94. The first-order chi connectivity index (χ1) is 10.3. The standard InChI is InChI=1S/C12H22O10/c1-3-5(14)7(16)8(17)12(20-3)22-10-6(15)4(2-13)21-11(19)9(10)18/h3-19H,2H2,1H3/t3-,4-,5+,6-,7+,8-,9-,10+,11+,12-/m1/s1. The van der Waals surface area contributed by atoms with Crippen LogP contribution in [0.5, 0.6) is 0 Å². The lowest BCUT2D eigenvalue weighted by Gasteiger charge is -2.44. The van der Waals surface area contributed by atoms with Crippen molar-refractivity contribution in [3.8, 4) is 0 Å². The average Bonchev–Trinajstić information content (AvgIpc) is 2.50. The SMILES string of the molecule is C[C@H]1O[C@H](O[C@@H]2[C@@H](O)[C@@H](O)O[C@H](CO)[C@H]2O)[C@H](O)[C@@H](O)[C@H]1O. The number of hydrogen-bond donors (Lipinski definition) is 7. The van der Waals surface area contributed by atoms with Crippen molar-refractivity contribution >= 4 is 0 Å². The summed E-state index contributed by atoms with van der Waals surface area (Å²) in [6.07, 6.45) is -14.3. The first kappa shape index (κ1) is 17.9. The minimum atomic E-state index is -1.71. The second-order valence-electron chi connectivity index (χ2n) is 5.51. The molecule has 0 unspecified atom stereocenters. The van der Waals surface area contributed by atoms with Gasteiger partial charge in [0.25, 0.3) is 0 Å². The lowest BCUT2D eigenvalue weighted by Crippen LogP contribution is -2.63. The molecule has 0 aliphatic carbocycles. The molecule has 2 aliphatic rings. The van der Waals surface area contributed by atoms with Gasteiger partial charge in [0.05, 0.1) is 12.7 Å². The van der Waals surface area contributed by atoms with Crippen molar-refractivity contribution in [3.63, 3.8) is 0 Å². The highest BCUT2D eigenvalue weighted by molar-refractivity contribution is 4.93. The minimum Gasteiger partial charge on any atom is -0.394 e. The zero-order valence-electron chi connectivity index (χ0n) is 11.8. The minimum absolute atomic E-state index is 0.628. The van der Waals surface area contributed by atoms with Gasteiger partial charge in [0, 0.05) is 0 Å². The predicted octanol–water partition coefficient (Wildman–Crippen LogP) is -4.37. The van der Waals surface area contributed by atoms with Gasteiger partial charge >= 0.3 is 0 Å². The highest BCUT2D eigenvalue weighted by Gasteiger charge is 2.49. The van der Waals surface area contributed by atoms with Gasteiger partial charge in [-0.25, -0.2) is 0 Å². The Morgan fingerprint density at radius 1 is 0.818 bits per heavy atom. The third-order valence-corrected chi connectivity index (χ3v) is 3.94. The summed E-state index contributed by atoms with van der Waals surface area (Å²) in [6, 6.07) is 0. The fraction of sp³-hybridized carbons (Fsp3) is 1.00. The van der Waals surface area contributed by atoms with E-state index in [1.165, 1.54) is 6.92 Å². The topological polar surface area (TPSA) is 169 Å². The Balaban J connectivity index is 2.10. The van der Waals surface area contributed by atoms with Crippen molar-refractivity contribution < 1.29 is 50.0 Å². The van der Waals surface area contributed by atoms with Crippen molar-refractivity contribution in [2.75, 3.05) is 6.61 Å². The van der Waals surface area contributed by atoms with Crippen LogP contribution in [0.4, 0.5) is 0 Å². The summed E-state index contributed by atoms with van der Waals surface area (Å²) >= 11 is 0. The van der Waals surface area contributed by atoms with Crippen molar-refractivity contribution in [1.29, 1.82) is 0 Å². The van der Waals surface area contributed by atoms with E-state index in [0.29, 0.717) is 0 Å². The van der Waals surface area contributed by atoms with Crippen LogP contribution in [0, 0.1) is 0 Å². The van der Waals surface area contributed by atoms with Crippen LogP contribution in [0.25, 0.3) is 0 Å². The van der Waals surface area contributed by atoms with E-state index in [4.69, 9.17) is 19.3 Å². The van der Waals surface area contributed by atoms with E-state index in [2.05, 4.69) is 0 Å². The maximum Gasteiger partial charge on any atom is 0.187 e. The number of rotatable bonds is 3. The molecule has 0 aromatic rings. The van der Waals surface area contributed by atoms with Gasteiger partial charge in [-0.15, -0.1) is 0 Å². The monoisotopic (exact) mass is 326 g/mol. The Labute approximate surface area is 126 Å². The van der Waals surface area contributed by atoms with Crippen molar-refractivity contribution in [1.82, 2.24) is 0 Å². The predicted molar refractivity (Wildman–Crippen MR) is 67.2 cm³/mol. The largest absolute Gasteiger partial charge is 0.394 e. The molecule has 22 heavy (non-hydrogen) atoms. The maximum atomic E-state index is 9.99. The van der Waals surface area contributed by atoms with Crippen molar-refractivity contribution in [2.45, 2.75) is 68.3 Å². The molecule has 2 fully saturated rings. The lowest BCUT2D eigenvalue weighted by atomic mass is 9.97. The third kappa shape index (κ3) is 3.26. The number of hydrogen-bond acceptors (Lipinski definition) is 10. The summed E-state index contributed by atoms with van der Waals surface area (Å²) in [5.74, 6) is 0. The van der Waals surface area contributed by atoms with E-state index in [-0.39, 0.29) is 0 Å². The molecule has 130 valence electrons. The smallest absolute Gasteiger partial charge is 0.187 e. The van der Waals surface area contributed by atoms with E-state index < -0.39 is 68.0 Å². The molecule has 0 bridgehead atoms. The summed E-state index contributed by atoms with van der Waals surface area (Å²) in [7, 11) is 0. The fourth-order valence-electron chi connectivity index (χ4n) is 2.51. The van der Waals surface area contributed by atoms with Crippen LogP contribution >= 0.6 is 0 Å². The Morgan fingerprint density at radius 2 is 1.45 bits per heavy atom. The molecule has 2 rings (SSSR count). The Bertz CT molecular complexity index is 368. The zero-order chi connectivity index (χ0) is 16.6. The highest BCUT2D eigenvalue weighted by atomic mass is 16.7. The second kappa shape index (κ2) is 7.01. The van der Waals surface area contributed by atoms with Crippen LogP contribution in [0.15, 0.2) is 0 Å². The first-order valence-electron chi connectivity index (χ1n) is 6.93. The van der Waals surface area contributed by atoms with Crippen LogP contribution in [-0.4, -0.2) is 104 Å². The van der Waals surface area contributed by atoms with Gasteiger partial charge in [-0.3, -0.25) is 0 Å². The summed E-state index contributed by atoms with van der Waals surface area (Å²) in [4.78, 5) is 0. The molecule has 2 aliphatic heterocycles. The van der Waals surface area contributed by atoms with E-state index in [9.17, 15) is 30.6 Å². The van der Waals surface area contributed by atoms with Crippen LogP contribution in [0.1, 0.15) is 6.92 Å². The zero-order valence-corrected chi connectivity index (χ0v) is 11.8. The van der Waals surface area contributed by atoms with E-state index >= 15 is 0 Å². The van der Waals surface area contributed by atoms with Crippen molar-refractivity contribution in [3.05, 3.63) is 0 Å². The van der Waals surface area contributed by atoms with Gasteiger partial charge in [0.2, 0.25) is 0 Å². The number of aliphatic hydroxyl groups is 7. The lowest BCUT2D eigenvalue weighted by molar-refractivity contribution is -0.352. The molecule has 0 amide bonds. The summed E-state index contributed by atoms with van der Waals surface area (Å²) in [5.41, 5.74) is 0. The fourth-order valence-corrected chi connectivity index (χ4v) is 2.51. The number of ether oxygens (including phenoxy) is 3. The van der Waals surface area contributed by atoms with Gasteiger partial charge in [0.1, 0.15) is 42.7 Å². The molecule has 0 aromatic carbocycles. The molecule has 0 saturated carbocycles. The molecule has 0 aromatic heterocycles. The molecule has 2 heterocycles. The van der Waals surface area contributed by atoms with E-state index in [1.54, 1.807) is 0 Å². The van der Waals surface area contributed by atoms with Crippen LogP contribution < -0.4 is 0 Å². The molecular formula is C12H22O10. The highest BCUT2D eigenvalue weighted by Crippen LogP contribution is 2.28. The second-order valence-corrected chi connectivity index (χ2v) is 5.51. The van der Waals surface area contributed by atoms with Gasteiger partial charge in [-0.2, -0.15) is 0 Å². The first-order valence-corrected chi connectivity index (χ1v) is 6.93. The molecule has 2 saturated heterocycles. The van der Waals surface area contributed by atoms with Crippen LogP contribution in [0.2, 0.25) is 0 Å². The summed E-state index contributed by atoms with van der Waals surface area (Å²) in [6.45, 7) is 0.814. The summed E-state index contributed by atoms with van der Waals surface area (Å²) < 4.78 is 15.3. The Kier molecular flexibility index (Phi) is 5.72. The summed E-state index contributed by atoms with van der Waals surface area (Å²) in [5, 5.41) is 67.6. The molecule has 7 N–H and O–H groups in total. The van der Waals surface area contributed by atoms with E-state index in [1.807, 2.05) is 0 Å². The van der Waals surface area contributed by atoms with Gasteiger partial charge in [0.15, 0.2) is 12.6 Å². The number of aliphatic hydroxyl groups excluding tert-OH is 7. The molecule has 0 radical (unpaired) electrons. The van der Waals surface area contributed by atoms with Gasteiger partial charge in [-0.1, -0.05) is 0 Å². The van der Waals surface area contributed by atoms with Crippen LogP contribution in [0.3, 0.4) is 0 Å². The maximum absolute atomic E-state index is 9.99. The van der Waals surface area contributed by atoms with Crippen molar-refractivity contribution in [2.24, 2.45) is 0 Å². The van der Waals surface area contributed by atoms with Gasteiger partial charge < -0.3 is 50.0 Å². The average molecular weight is 326 g/mol. The quantitative estimate of drug-likeness (QED) is 0.269. The molecule has 10 nitrogen and oxygen atoms in total. The van der Waals surface area contributed by atoms with Gasteiger partial charge in [-0.05, 0) is 6.92 Å². The normalized spacial score (nSPS) is 53.5. The molecule has 10 atom stereocenters. The molecular weight excluding hydrogens is 304 g/mol. The Morgan fingerprint density at radius 3 is 2.05 bits per heavy atom. The van der Waals surface area contributed by atoms with Crippen LogP contribution in [-0.2, 0) is 14.2 Å². The molecule has 10 heteroatoms.